The maximum Gasteiger partial charge on any atom is 0.128 e. The minimum absolute atomic E-state index is 0.122. The van der Waals surface area contributed by atoms with E-state index in [1.165, 1.54) is 12.5 Å². The molecule has 2 rings (SSSR count). The average Bonchev–Trinajstić information content (AvgIpc) is 2.81. The maximum atomic E-state index is 13.3. The predicted octanol–water partition coefficient (Wildman–Crippen LogP) is 2.86. The van der Waals surface area contributed by atoms with Crippen LogP contribution in [0.1, 0.15) is 24.8 Å². The molecule has 1 aliphatic carbocycles. The normalized spacial score (nSPS) is 23.5. The summed E-state index contributed by atoms with van der Waals surface area (Å²) >= 11 is 0. The fourth-order valence-electron chi connectivity index (χ4n) is 2.62. The van der Waals surface area contributed by atoms with E-state index in [1.54, 1.807) is 0 Å². The highest BCUT2D eigenvalue weighted by molar-refractivity contribution is 5.17. The number of hydrogen-bond donors (Lipinski definition) is 1. The Labute approximate surface area is 106 Å². The second-order valence-electron chi connectivity index (χ2n) is 4.94. The van der Waals surface area contributed by atoms with Gasteiger partial charge < -0.3 is 10.5 Å². The number of ether oxygens (including phenoxy) is 1. The van der Waals surface area contributed by atoms with Crippen LogP contribution in [0.4, 0.5) is 8.78 Å². The zero-order chi connectivity index (χ0) is 13.0. The molecule has 0 amide bonds. The van der Waals surface area contributed by atoms with E-state index in [-0.39, 0.29) is 12.2 Å². The summed E-state index contributed by atoms with van der Waals surface area (Å²) in [5.41, 5.74) is 5.96. The van der Waals surface area contributed by atoms with Gasteiger partial charge >= 0.3 is 0 Å². The summed E-state index contributed by atoms with van der Waals surface area (Å²) in [6, 6.07) is 3.43. The first-order chi connectivity index (χ1) is 8.70. The lowest BCUT2D eigenvalue weighted by Crippen LogP contribution is -2.22. The molecule has 1 aliphatic rings. The molecule has 1 saturated carbocycles. The molecule has 0 radical (unpaired) electrons. The van der Waals surface area contributed by atoms with E-state index >= 15 is 0 Å². The highest BCUT2D eigenvalue weighted by Gasteiger charge is 2.26. The predicted molar refractivity (Wildman–Crippen MR) is 65.9 cm³/mol. The van der Waals surface area contributed by atoms with Crippen LogP contribution in [0, 0.1) is 23.5 Å². The molecule has 0 aliphatic heterocycles. The molecule has 100 valence electrons. The second kappa shape index (κ2) is 6.25. The number of nitrogens with two attached hydrogens (primary N) is 1. The largest absolute Gasteiger partial charge is 0.376 e. The Morgan fingerprint density at radius 1 is 1.22 bits per heavy atom. The molecule has 18 heavy (non-hydrogen) atoms. The van der Waals surface area contributed by atoms with E-state index in [0.29, 0.717) is 25.0 Å². The third-order valence-electron chi connectivity index (χ3n) is 3.72. The van der Waals surface area contributed by atoms with Crippen LogP contribution < -0.4 is 5.73 Å². The molecule has 2 N–H and O–H groups in total. The number of rotatable bonds is 5. The maximum absolute atomic E-state index is 13.3. The molecular weight excluding hydrogens is 236 g/mol. The van der Waals surface area contributed by atoms with Gasteiger partial charge in [-0.3, -0.25) is 0 Å². The van der Waals surface area contributed by atoms with Gasteiger partial charge in [0, 0.05) is 5.56 Å². The molecule has 0 bridgehead atoms. The third-order valence-corrected chi connectivity index (χ3v) is 3.72. The molecule has 1 aromatic carbocycles. The van der Waals surface area contributed by atoms with Crippen LogP contribution in [0.2, 0.25) is 0 Å². The Balaban J connectivity index is 1.83. The van der Waals surface area contributed by atoms with Crippen molar-refractivity contribution in [2.75, 3.05) is 13.2 Å². The van der Waals surface area contributed by atoms with Crippen LogP contribution in [0.5, 0.6) is 0 Å². The van der Waals surface area contributed by atoms with Crippen LogP contribution in [-0.2, 0) is 11.3 Å². The monoisotopic (exact) mass is 255 g/mol. The lowest BCUT2D eigenvalue weighted by Gasteiger charge is -2.17. The van der Waals surface area contributed by atoms with Crippen LogP contribution in [0.15, 0.2) is 18.2 Å². The van der Waals surface area contributed by atoms with E-state index in [1.807, 2.05) is 0 Å². The molecule has 1 fully saturated rings. The van der Waals surface area contributed by atoms with Gasteiger partial charge in [0.2, 0.25) is 0 Å². The first-order valence-electron chi connectivity index (χ1n) is 6.42. The molecule has 2 nitrogen and oxygen atoms in total. The van der Waals surface area contributed by atoms with Gasteiger partial charge in [-0.15, -0.1) is 0 Å². The highest BCUT2D eigenvalue weighted by atomic mass is 19.1. The smallest absolute Gasteiger partial charge is 0.128 e. The zero-order valence-corrected chi connectivity index (χ0v) is 10.4. The van der Waals surface area contributed by atoms with E-state index in [9.17, 15) is 8.78 Å². The van der Waals surface area contributed by atoms with Gasteiger partial charge in [0.15, 0.2) is 0 Å². The van der Waals surface area contributed by atoms with E-state index < -0.39 is 11.6 Å². The van der Waals surface area contributed by atoms with E-state index in [2.05, 4.69) is 0 Å². The number of hydrogen-bond acceptors (Lipinski definition) is 2. The van der Waals surface area contributed by atoms with Gasteiger partial charge in [-0.25, -0.2) is 8.78 Å². The molecule has 1 aromatic rings. The lowest BCUT2D eigenvalue weighted by atomic mass is 9.97. The Kier molecular flexibility index (Phi) is 4.66. The summed E-state index contributed by atoms with van der Waals surface area (Å²) < 4.78 is 31.8. The Morgan fingerprint density at radius 2 is 2.00 bits per heavy atom. The van der Waals surface area contributed by atoms with Crippen molar-refractivity contribution >= 4 is 0 Å². The molecule has 0 spiro atoms. The van der Waals surface area contributed by atoms with Gasteiger partial charge in [0.1, 0.15) is 11.6 Å². The molecule has 2 unspecified atom stereocenters. The summed E-state index contributed by atoms with van der Waals surface area (Å²) in [6.45, 7) is 1.39. The highest BCUT2D eigenvalue weighted by Crippen LogP contribution is 2.31. The van der Waals surface area contributed by atoms with Gasteiger partial charge in [-0.1, -0.05) is 6.42 Å². The van der Waals surface area contributed by atoms with Crippen LogP contribution in [0.25, 0.3) is 0 Å². The Morgan fingerprint density at radius 3 is 2.78 bits per heavy atom. The van der Waals surface area contributed by atoms with Crippen molar-refractivity contribution in [3.63, 3.8) is 0 Å². The molecule has 0 saturated heterocycles. The number of benzene rings is 1. The molecule has 0 heterocycles. The van der Waals surface area contributed by atoms with Gasteiger partial charge in [0.05, 0.1) is 13.2 Å². The topological polar surface area (TPSA) is 35.2 Å². The van der Waals surface area contributed by atoms with Crippen molar-refractivity contribution in [1.82, 2.24) is 0 Å². The summed E-state index contributed by atoms with van der Waals surface area (Å²) in [6.07, 6.45) is 3.45. The van der Waals surface area contributed by atoms with Gasteiger partial charge in [0.25, 0.3) is 0 Å². The third kappa shape index (κ3) is 3.27. The fraction of sp³-hybridized carbons (Fsp3) is 0.571. The Bertz CT molecular complexity index is 397. The van der Waals surface area contributed by atoms with Gasteiger partial charge in [-0.2, -0.15) is 0 Å². The molecule has 0 aromatic heterocycles. The fourth-order valence-corrected chi connectivity index (χ4v) is 2.62. The molecule has 2 atom stereocenters. The summed E-state index contributed by atoms with van der Waals surface area (Å²) in [5, 5.41) is 0. The summed E-state index contributed by atoms with van der Waals surface area (Å²) in [7, 11) is 0. The minimum Gasteiger partial charge on any atom is -0.376 e. The van der Waals surface area contributed by atoms with E-state index in [0.717, 1.165) is 25.0 Å². The van der Waals surface area contributed by atoms with Crippen molar-refractivity contribution in [2.45, 2.75) is 25.9 Å². The first-order valence-corrected chi connectivity index (χ1v) is 6.42. The molecular formula is C14H19F2NO. The van der Waals surface area contributed by atoms with E-state index in [4.69, 9.17) is 10.5 Å². The van der Waals surface area contributed by atoms with Crippen molar-refractivity contribution in [3.05, 3.63) is 35.4 Å². The van der Waals surface area contributed by atoms with Crippen LogP contribution >= 0.6 is 0 Å². The van der Waals surface area contributed by atoms with Crippen molar-refractivity contribution < 1.29 is 13.5 Å². The Hall–Kier alpha value is -1.00. The lowest BCUT2D eigenvalue weighted by molar-refractivity contribution is 0.0735. The summed E-state index contributed by atoms with van der Waals surface area (Å²) in [4.78, 5) is 0. The first kappa shape index (κ1) is 13.4. The second-order valence-corrected chi connectivity index (χ2v) is 4.94. The van der Waals surface area contributed by atoms with Crippen molar-refractivity contribution in [1.29, 1.82) is 0 Å². The standard InChI is InChI=1S/C14H19F2NO/c15-13-4-5-14(16)12(6-13)9-18-8-11-3-1-2-10(11)7-17/h4-6,10-11H,1-3,7-9,17H2. The van der Waals surface area contributed by atoms with Gasteiger partial charge in [-0.05, 0) is 49.4 Å². The SMILES string of the molecule is NCC1CCCC1COCc1cc(F)ccc1F. The van der Waals surface area contributed by atoms with Crippen molar-refractivity contribution in [3.8, 4) is 0 Å². The summed E-state index contributed by atoms with van der Waals surface area (Å²) in [5.74, 6) is 0.128. The number of halogens is 2. The van der Waals surface area contributed by atoms with Crippen LogP contribution in [-0.4, -0.2) is 13.2 Å². The molecule has 4 heteroatoms. The zero-order valence-electron chi connectivity index (χ0n) is 10.4. The van der Waals surface area contributed by atoms with Crippen LogP contribution in [0.3, 0.4) is 0 Å². The quantitative estimate of drug-likeness (QED) is 0.878. The average molecular weight is 255 g/mol. The van der Waals surface area contributed by atoms with Crippen molar-refractivity contribution in [2.24, 2.45) is 17.6 Å². The minimum atomic E-state index is -0.435.